The highest BCUT2D eigenvalue weighted by Gasteiger charge is 2.71. The molecule has 5 aliphatic carbocycles. The van der Waals surface area contributed by atoms with Crippen LogP contribution in [0.15, 0.2) is 12.2 Å². The third-order valence-corrected chi connectivity index (χ3v) is 16.6. The Morgan fingerprint density at radius 3 is 2.21 bits per heavy atom. The van der Waals surface area contributed by atoms with Gasteiger partial charge in [-0.05, 0) is 143 Å². The van der Waals surface area contributed by atoms with E-state index >= 15 is 0 Å². The molecule has 0 radical (unpaired) electrons. The zero-order chi connectivity index (χ0) is 35.2. The molecule has 5 saturated carbocycles. The number of fused-ring (bicyclic) bond motifs is 7. The van der Waals surface area contributed by atoms with Crippen molar-refractivity contribution in [3.63, 3.8) is 0 Å². The summed E-state index contributed by atoms with van der Waals surface area (Å²) < 4.78 is 6.17. The standard InChI is InChI=1S/C41H65NO6/c1-25(2)27-12-18-41(22-32(44)42-21-15-26(43)24-42)20-19-39(8)28(34(27)41)10-11-30-38(7)16-14-31(48-33(45)23-36(3,4)35(46)47)37(5,6)29(38)13-17-40(30,39)9/h26-31,34,43H,1,10-24H2,2-9H3,(H,46,47)/t26-,27?,28+,29-,30+,31-,34+,38-,39+,40+,41+/m0/s1. The number of nitrogens with zero attached hydrogens (tertiary/aromatic N) is 1. The van der Waals surface area contributed by atoms with E-state index in [0.29, 0.717) is 55.5 Å². The van der Waals surface area contributed by atoms with Crippen LogP contribution in [0.5, 0.6) is 0 Å². The lowest BCUT2D eigenvalue weighted by atomic mass is 9.32. The normalized spacial score (nSPS) is 44.9. The van der Waals surface area contributed by atoms with Crippen molar-refractivity contribution in [1.82, 2.24) is 4.90 Å². The highest BCUT2D eigenvalue weighted by Crippen LogP contribution is 2.78. The molecule has 7 nitrogen and oxygen atoms in total. The van der Waals surface area contributed by atoms with Gasteiger partial charge in [0, 0.05) is 24.9 Å². The SMILES string of the molecule is C=C(C)C1CC[C@]2(CC(=O)N3CC[C@H](O)C3)CC[C@]3(C)[C@H](CC[C@@H]4[C@@]5(C)CC[C@H](OC(=O)CC(C)(C)C(=O)O)C(C)(C)[C@@H]5CC[C@]43C)[C@@H]12. The van der Waals surface area contributed by atoms with E-state index in [1.54, 1.807) is 13.8 Å². The van der Waals surface area contributed by atoms with Crippen molar-refractivity contribution in [1.29, 1.82) is 0 Å². The Kier molecular flexibility index (Phi) is 8.86. The van der Waals surface area contributed by atoms with E-state index in [-0.39, 0.29) is 51.6 Å². The third kappa shape index (κ3) is 5.32. The smallest absolute Gasteiger partial charge is 0.309 e. The van der Waals surface area contributed by atoms with Crippen molar-refractivity contribution in [2.45, 2.75) is 151 Å². The predicted octanol–water partition coefficient (Wildman–Crippen LogP) is 8.04. The van der Waals surface area contributed by atoms with E-state index in [1.165, 1.54) is 31.3 Å². The number of carbonyl (C=O) groups excluding carboxylic acids is 2. The van der Waals surface area contributed by atoms with Crippen molar-refractivity contribution in [3.8, 4) is 0 Å². The summed E-state index contributed by atoms with van der Waals surface area (Å²) in [4.78, 5) is 40.5. The second-order valence-corrected chi connectivity index (χ2v) is 19.7. The predicted molar refractivity (Wildman–Crippen MR) is 187 cm³/mol. The molecule has 0 bridgehead atoms. The first-order chi connectivity index (χ1) is 22.2. The summed E-state index contributed by atoms with van der Waals surface area (Å²) in [5.41, 5.74) is 0.480. The number of amides is 1. The first kappa shape index (κ1) is 35.9. The van der Waals surface area contributed by atoms with Gasteiger partial charge in [0.25, 0.3) is 0 Å². The van der Waals surface area contributed by atoms with E-state index in [2.05, 4.69) is 48.1 Å². The number of allylic oxidation sites excluding steroid dienone is 1. The molecule has 2 N–H and O–H groups in total. The molecular weight excluding hydrogens is 602 g/mol. The summed E-state index contributed by atoms with van der Waals surface area (Å²) in [6, 6.07) is 0. The molecular formula is C41H65NO6. The number of β-amino-alcohol motifs (C(OH)–C–C–N with tert-alkyl or cyclic N) is 1. The zero-order valence-electron chi connectivity index (χ0n) is 31.3. The number of hydrogen-bond donors (Lipinski definition) is 2. The Hall–Kier alpha value is -1.89. The number of rotatable bonds is 7. The van der Waals surface area contributed by atoms with Crippen LogP contribution in [0.4, 0.5) is 0 Å². The summed E-state index contributed by atoms with van der Waals surface area (Å²) in [6.07, 6.45) is 11.7. The fraction of sp³-hybridized carbons (Fsp3) is 0.878. The van der Waals surface area contributed by atoms with E-state index < -0.39 is 17.4 Å². The van der Waals surface area contributed by atoms with Gasteiger partial charge in [0.1, 0.15) is 6.10 Å². The first-order valence-electron chi connectivity index (χ1n) is 19.3. The molecule has 1 saturated heterocycles. The van der Waals surface area contributed by atoms with Crippen LogP contribution in [0.3, 0.4) is 0 Å². The fourth-order valence-electron chi connectivity index (χ4n) is 13.8. The van der Waals surface area contributed by atoms with Gasteiger partial charge in [-0.2, -0.15) is 0 Å². The van der Waals surface area contributed by atoms with E-state index in [0.717, 1.165) is 38.5 Å². The van der Waals surface area contributed by atoms with E-state index in [4.69, 9.17) is 4.74 Å². The number of ether oxygens (including phenoxy) is 1. The van der Waals surface area contributed by atoms with Gasteiger partial charge in [0.15, 0.2) is 0 Å². The molecule has 6 aliphatic rings. The van der Waals surface area contributed by atoms with Crippen LogP contribution >= 0.6 is 0 Å². The minimum Gasteiger partial charge on any atom is -0.481 e. The maximum Gasteiger partial charge on any atom is 0.309 e. The Morgan fingerprint density at radius 2 is 1.58 bits per heavy atom. The van der Waals surface area contributed by atoms with Crippen molar-refractivity contribution >= 4 is 17.8 Å². The molecule has 11 atom stereocenters. The summed E-state index contributed by atoms with van der Waals surface area (Å²) in [7, 11) is 0. The highest BCUT2D eigenvalue weighted by atomic mass is 16.5. The molecule has 0 aromatic rings. The average molecular weight is 668 g/mol. The summed E-state index contributed by atoms with van der Waals surface area (Å²) in [6.45, 7) is 23.5. The maximum absolute atomic E-state index is 13.8. The lowest BCUT2D eigenvalue weighted by Crippen LogP contribution is -2.67. The van der Waals surface area contributed by atoms with Gasteiger partial charge < -0.3 is 19.8 Å². The molecule has 6 rings (SSSR count). The van der Waals surface area contributed by atoms with Crippen LogP contribution in [0.2, 0.25) is 0 Å². The second kappa shape index (κ2) is 11.8. The molecule has 7 heteroatoms. The molecule has 1 heterocycles. The Balaban J connectivity index is 1.25. The number of hydrogen-bond acceptors (Lipinski definition) is 5. The van der Waals surface area contributed by atoms with Gasteiger partial charge in [-0.15, -0.1) is 0 Å². The number of carboxylic acid groups (broad SMARTS) is 1. The van der Waals surface area contributed by atoms with Crippen molar-refractivity contribution in [2.24, 2.45) is 62.1 Å². The van der Waals surface area contributed by atoms with Gasteiger partial charge in [0.2, 0.25) is 5.91 Å². The molecule has 1 amide bonds. The molecule has 6 fully saturated rings. The molecule has 1 aliphatic heterocycles. The average Bonchev–Trinajstić information content (AvgIpc) is 3.59. The van der Waals surface area contributed by atoms with Crippen molar-refractivity contribution in [3.05, 3.63) is 12.2 Å². The molecule has 1 unspecified atom stereocenters. The maximum atomic E-state index is 13.8. The zero-order valence-corrected chi connectivity index (χ0v) is 31.3. The number of aliphatic carboxylic acids is 1. The minimum absolute atomic E-state index is 0.0296. The number of carboxylic acids is 1. The largest absolute Gasteiger partial charge is 0.481 e. The van der Waals surface area contributed by atoms with Crippen molar-refractivity contribution in [2.75, 3.05) is 13.1 Å². The minimum atomic E-state index is -1.14. The first-order valence-corrected chi connectivity index (χ1v) is 19.3. The number of likely N-dealkylation sites (tertiary alicyclic amines) is 1. The molecule has 0 spiro atoms. The fourth-order valence-corrected chi connectivity index (χ4v) is 13.8. The lowest BCUT2D eigenvalue weighted by Gasteiger charge is -2.73. The van der Waals surface area contributed by atoms with Gasteiger partial charge in [-0.1, -0.05) is 46.8 Å². The number of esters is 1. The highest BCUT2D eigenvalue weighted by molar-refractivity contribution is 5.81. The molecule has 270 valence electrons. The number of carbonyl (C=O) groups is 3. The molecule has 0 aromatic heterocycles. The summed E-state index contributed by atoms with van der Waals surface area (Å²) in [5, 5.41) is 19.8. The van der Waals surface area contributed by atoms with Crippen LogP contribution in [-0.4, -0.2) is 58.3 Å². The second-order valence-electron chi connectivity index (χ2n) is 19.7. The van der Waals surface area contributed by atoms with Gasteiger partial charge >= 0.3 is 11.9 Å². The van der Waals surface area contributed by atoms with E-state index in [9.17, 15) is 24.6 Å². The number of aliphatic hydroxyl groups excluding tert-OH is 1. The summed E-state index contributed by atoms with van der Waals surface area (Å²) >= 11 is 0. The lowest BCUT2D eigenvalue weighted by molar-refractivity contribution is -0.250. The van der Waals surface area contributed by atoms with Crippen LogP contribution in [-0.2, 0) is 19.1 Å². The topological polar surface area (TPSA) is 104 Å². The third-order valence-electron chi connectivity index (χ3n) is 16.6. The van der Waals surface area contributed by atoms with Gasteiger partial charge in [-0.3, -0.25) is 14.4 Å². The quantitative estimate of drug-likeness (QED) is 0.210. The van der Waals surface area contributed by atoms with Crippen LogP contribution < -0.4 is 0 Å². The van der Waals surface area contributed by atoms with Crippen LogP contribution in [0, 0.1) is 62.1 Å². The van der Waals surface area contributed by atoms with Crippen molar-refractivity contribution < 1.29 is 29.3 Å². The van der Waals surface area contributed by atoms with Gasteiger partial charge in [-0.25, -0.2) is 0 Å². The van der Waals surface area contributed by atoms with Crippen LogP contribution in [0.1, 0.15) is 139 Å². The Labute approximate surface area is 290 Å². The Morgan fingerprint density at radius 1 is 0.875 bits per heavy atom. The number of aliphatic hydroxyl groups is 1. The Bertz CT molecular complexity index is 1340. The van der Waals surface area contributed by atoms with E-state index in [1.807, 2.05) is 4.90 Å². The van der Waals surface area contributed by atoms with Crippen LogP contribution in [0.25, 0.3) is 0 Å². The molecule has 48 heavy (non-hydrogen) atoms. The summed E-state index contributed by atoms with van der Waals surface area (Å²) in [5.74, 6) is 1.40. The van der Waals surface area contributed by atoms with Gasteiger partial charge in [0.05, 0.1) is 17.9 Å². The molecule has 0 aromatic carbocycles. The monoisotopic (exact) mass is 667 g/mol.